The molecule has 134 valence electrons. The number of rotatable bonds is 11. The maximum Gasteiger partial charge on any atom is 2.00 e. The molecule has 1 amide bonds. The molecule has 0 aromatic carbocycles. The van der Waals surface area contributed by atoms with Crippen LogP contribution >= 0.6 is 11.8 Å². The van der Waals surface area contributed by atoms with Crippen LogP contribution in [0.3, 0.4) is 0 Å². The molecule has 0 saturated heterocycles. The van der Waals surface area contributed by atoms with Gasteiger partial charge in [0.1, 0.15) is 5.78 Å². The van der Waals surface area contributed by atoms with Crippen LogP contribution in [0.2, 0.25) is 0 Å². The number of hydrogen-bond acceptors (Lipinski definition) is 7. The van der Waals surface area contributed by atoms with Gasteiger partial charge >= 0.3 is 21.1 Å². The van der Waals surface area contributed by atoms with Gasteiger partial charge in [-0.1, -0.05) is 0 Å². The van der Waals surface area contributed by atoms with Crippen LogP contribution in [0.1, 0.15) is 19.8 Å². The number of ketones is 2. The largest absolute Gasteiger partial charge is 2.00 e. The number of carbonyl (C=O) groups excluding carboxylic acids is 3. The summed E-state index contributed by atoms with van der Waals surface area (Å²) in [5, 5.41) is 5.27. The van der Waals surface area contributed by atoms with Gasteiger partial charge < -0.3 is 33.8 Å². The van der Waals surface area contributed by atoms with E-state index in [1.807, 2.05) is 0 Å². The van der Waals surface area contributed by atoms with Gasteiger partial charge in [0.15, 0.2) is 5.78 Å². The molecular weight excluding hydrogens is 488 g/mol. The van der Waals surface area contributed by atoms with Gasteiger partial charge in [-0.3, -0.25) is 16.6 Å². The van der Waals surface area contributed by atoms with Crippen molar-refractivity contribution in [1.82, 2.24) is 10.6 Å². The number of carbonyl (C=O) groups is 3. The van der Waals surface area contributed by atoms with E-state index >= 15 is 0 Å². The van der Waals surface area contributed by atoms with Gasteiger partial charge in [0.2, 0.25) is 5.91 Å². The Hall–Kier alpha value is -0.272. The van der Waals surface area contributed by atoms with Crippen molar-refractivity contribution in [3.05, 3.63) is 14.0 Å². The number of hydrogen-bond donors (Lipinski definition) is 4. The van der Waals surface area contributed by atoms with Crippen molar-refractivity contribution in [1.29, 1.82) is 0 Å². The molecule has 7 nitrogen and oxygen atoms in total. The van der Waals surface area contributed by atoms with Crippen LogP contribution in [0.4, 0.5) is 0 Å². The molecule has 23 heavy (non-hydrogen) atoms. The fourth-order valence-electron chi connectivity index (χ4n) is 1.54. The second-order valence-corrected chi connectivity index (χ2v) is 5.41. The smallest absolute Gasteiger partial charge is 0.463 e. The third-order valence-electron chi connectivity index (χ3n) is 2.68. The second kappa shape index (κ2) is 18.1. The third-order valence-corrected chi connectivity index (χ3v) is 3.78. The van der Waals surface area contributed by atoms with Gasteiger partial charge in [-0.25, -0.2) is 0 Å². The molecule has 0 spiro atoms. The first-order chi connectivity index (χ1) is 10.5. The first kappa shape index (κ1) is 27.6. The minimum Gasteiger partial charge on any atom is -0.463 e. The minimum atomic E-state index is -0.506. The average Bonchev–Trinajstić information content (AvgIpc) is 2.53. The predicted molar refractivity (Wildman–Crippen MR) is 91.0 cm³/mol. The quantitative estimate of drug-likeness (QED) is 0.211. The number of amides is 1. The zero-order chi connectivity index (χ0) is 17.5. The van der Waals surface area contributed by atoms with E-state index in [1.54, 1.807) is 0 Å². The predicted octanol–water partition coefficient (Wildman–Crippen LogP) is -0.742. The molecule has 2 atom stereocenters. The summed E-state index contributed by atoms with van der Waals surface area (Å²) in [6, 6.07) is -0.887. The number of nitrogens with two attached hydrogens (primary N) is 2. The summed E-state index contributed by atoms with van der Waals surface area (Å²) in [5.74, 6) is 0.750. The van der Waals surface area contributed by atoms with Crippen LogP contribution in [-0.2, 0) is 35.4 Å². The Morgan fingerprint density at radius 1 is 1.17 bits per heavy atom. The number of nitrogens with one attached hydrogen (secondary N) is 2. The summed E-state index contributed by atoms with van der Waals surface area (Å²) in [5.41, 5.74) is 9.79. The molecule has 0 heterocycles. The van der Waals surface area contributed by atoms with Crippen molar-refractivity contribution in [2.24, 2.45) is 11.5 Å². The molecule has 0 aromatic rings. The van der Waals surface area contributed by atoms with Gasteiger partial charge in [0, 0.05) is 18.7 Å². The van der Waals surface area contributed by atoms with Crippen LogP contribution in [0.25, 0.3) is 0 Å². The Morgan fingerprint density at radius 2 is 1.74 bits per heavy atom. The monoisotopic (exact) mass is 516 g/mol. The van der Waals surface area contributed by atoms with Gasteiger partial charge in [-0.05, 0) is 19.2 Å². The normalized spacial score (nSPS) is 12.1. The van der Waals surface area contributed by atoms with Crippen molar-refractivity contribution in [3.8, 4) is 0 Å². The molecule has 0 radical (unpaired) electrons. The summed E-state index contributed by atoms with van der Waals surface area (Å²) in [7, 11) is 4.99. The van der Waals surface area contributed by atoms with Gasteiger partial charge in [0.05, 0.1) is 12.6 Å². The summed E-state index contributed by atoms with van der Waals surface area (Å²) in [6.45, 7) is 4.88. The van der Waals surface area contributed by atoms with E-state index in [9.17, 15) is 14.4 Å². The first-order valence-corrected chi connectivity index (χ1v) is 8.11. The van der Waals surface area contributed by atoms with E-state index in [1.165, 1.54) is 25.7 Å². The van der Waals surface area contributed by atoms with Crippen LogP contribution < -0.4 is 22.1 Å². The molecule has 0 aromatic heterocycles. The molecule has 0 rings (SSSR count). The molecular formula is C14H28N4O3SW. The second-order valence-electron chi connectivity index (χ2n) is 4.26. The molecule has 0 aliphatic rings. The summed E-state index contributed by atoms with van der Waals surface area (Å²) >= 11 is 1.51. The van der Waals surface area contributed by atoms with Crippen molar-refractivity contribution in [2.45, 2.75) is 31.8 Å². The Balaban J connectivity index is -0.00000128. The van der Waals surface area contributed by atoms with Crippen LogP contribution in [-0.4, -0.2) is 54.7 Å². The standard InChI is InChI=1S/C13H23N3O3S.CH5N.W/c1-4-12(18)10(16-9(2)17)5-6-20-8-11(15-3)13(19)7-14;1-2;/h10-11,15H,1,3-8,14H2,2H3,(H,16,17);2H2,1H3;/q-2;;+2. The fourth-order valence-corrected chi connectivity index (χ4v) is 2.65. The van der Waals surface area contributed by atoms with Crippen LogP contribution in [0, 0.1) is 14.0 Å². The maximum absolute atomic E-state index is 11.6. The van der Waals surface area contributed by atoms with E-state index in [0.717, 1.165) is 0 Å². The van der Waals surface area contributed by atoms with Crippen LogP contribution in [0.5, 0.6) is 0 Å². The molecule has 0 bridgehead atoms. The van der Waals surface area contributed by atoms with Crippen molar-refractivity contribution in [2.75, 3.05) is 25.1 Å². The molecule has 0 fully saturated rings. The number of thioether (sulfide) groups is 1. The molecule has 0 aliphatic heterocycles. The van der Waals surface area contributed by atoms with Gasteiger partial charge in [-0.15, -0.1) is 6.42 Å². The zero-order valence-electron chi connectivity index (χ0n) is 13.8. The molecule has 0 aliphatic carbocycles. The van der Waals surface area contributed by atoms with E-state index in [4.69, 9.17) is 5.73 Å². The van der Waals surface area contributed by atoms with E-state index in [0.29, 0.717) is 17.9 Å². The SMILES string of the molecule is CN.[CH2-]CC(=O)C(CCSCC(N[CH2-])C(=O)CN)NC(C)=O.[W+2]. The summed E-state index contributed by atoms with van der Waals surface area (Å²) in [6.07, 6.45) is 0.656. The first-order valence-electron chi connectivity index (χ1n) is 6.96. The van der Waals surface area contributed by atoms with Crippen molar-refractivity contribution < 1.29 is 35.4 Å². The average molecular weight is 516 g/mol. The van der Waals surface area contributed by atoms with Gasteiger partial charge in [-0.2, -0.15) is 11.8 Å². The third kappa shape index (κ3) is 13.8. The van der Waals surface area contributed by atoms with Crippen molar-refractivity contribution in [3.63, 3.8) is 0 Å². The Morgan fingerprint density at radius 3 is 2.13 bits per heavy atom. The summed E-state index contributed by atoms with van der Waals surface area (Å²) < 4.78 is 0. The summed E-state index contributed by atoms with van der Waals surface area (Å²) in [4.78, 5) is 34.0. The fraction of sp³-hybridized carbons (Fsp3) is 0.643. The molecule has 6 N–H and O–H groups in total. The van der Waals surface area contributed by atoms with E-state index in [-0.39, 0.29) is 57.5 Å². The van der Waals surface area contributed by atoms with E-state index < -0.39 is 6.04 Å². The Bertz CT molecular complexity index is 346. The van der Waals surface area contributed by atoms with Gasteiger partial charge in [0.25, 0.3) is 0 Å². The maximum atomic E-state index is 11.6. The van der Waals surface area contributed by atoms with E-state index in [2.05, 4.69) is 30.3 Å². The molecule has 9 heteroatoms. The number of Topliss-reactive ketones (excluding diaryl/α,β-unsaturated/α-hetero) is 2. The minimum absolute atomic E-state index is 0. The Labute approximate surface area is 157 Å². The van der Waals surface area contributed by atoms with Crippen molar-refractivity contribution >= 4 is 29.2 Å². The Kier molecular flexibility index (Phi) is 21.7. The topological polar surface area (TPSA) is 127 Å². The zero-order valence-corrected chi connectivity index (χ0v) is 17.6. The molecule has 0 saturated carbocycles. The molecule has 2 unspecified atom stereocenters. The van der Waals surface area contributed by atoms with Crippen LogP contribution in [0.15, 0.2) is 0 Å².